The molecule has 0 fully saturated rings. The molecular formula is C25H25ClFN3O4S. The number of fused-ring (bicyclic) bond motifs is 1. The van der Waals surface area contributed by atoms with Crippen LogP contribution in [0.5, 0.6) is 0 Å². The highest BCUT2D eigenvalue weighted by Gasteiger charge is 2.22. The van der Waals surface area contributed by atoms with E-state index in [-0.39, 0.29) is 34.5 Å². The average Bonchev–Trinajstić information content (AvgIpc) is 2.84. The summed E-state index contributed by atoms with van der Waals surface area (Å²) in [5.74, 6) is -1.56. The lowest BCUT2D eigenvalue weighted by atomic mass is 9.97. The number of hydrogen-bond donors (Lipinski definition) is 3. The standard InChI is InChI=1S/C25H25ClFN3O4S/c26-18-8-6-17(7-9-18)14-29-25(32)21-15-28-23-20(24(21)31)12-19(27)13-22(23)35(33,34)30-11-10-16-4-2-1-3-5-16/h4,6-9,12-13,15,30H,1-3,5,10-11,14H2,(H,28,31)(H,29,32). The molecular weight excluding hydrogens is 493 g/mol. The Morgan fingerprint density at radius 2 is 1.91 bits per heavy atom. The summed E-state index contributed by atoms with van der Waals surface area (Å²) in [5, 5.41) is 2.96. The summed E-state index contributed by atoms with van der Waals surface area (Å²) in [6, 6.07) is 8.61. The van der Waals surface area contributed by atoms with Crippen LogP contribution in [0.25, 0.3) is 10.9 Å². The number of nitrogens with one attached hydrogen (secondary N) is 3. The van der Waals surface area contributed by atoms with Gasteiger partial charge in [-0.15, -0.1) is 0 Å². The van der Waals surface area contributed by atoms with E-state index in [4.69, 9.17) is 11.6 Å². The Hall–Kier alpha value is -3.01. The molecule has 1 amide bonds. The van der Waals surface area contributed by atoms with Crippen molar-refractivity contribution in [3.8, 4) is 0 Å². The largest absolute Gasteiger partial charge is 0.359 e. The van der Waals surface area contributed by atoms with E-state index < -0.39 is 27.2 Å². The minimum atomic E-state index is -4.11. The molecule has 0 unspecified atom stereocenters. The van der Waals surface area contributed by atoms with E-state index in [0.29, 0.717) is 11.4 Å². The number of rotatable bonds is 8. The molecule has 3 aromatic rings. The van der Waals surface area contributed by atoms with Gasteiger partial charge in [-0.05, 0) is 61.9 Å². The maximum absolute atomic E-state index is 14.4. The van der Waals surface area contributed by atoms with Gasteiger partial charge in [0.05, 0.1) is 10.9 Å². The normalized spacial score (nSPS) is 14.1. The van der Waals surface area contributed by atoms with Crippen molar-refractivity contribution in [2.75, 3.05) is 6.54 Å². The lowest BCUT2D eigenvalue weighted by Gasteiger charge is -2.14. The fraction of sp³-hybridized carbons (Fsp3) is 0.280. The third kappa shape index (κ3) is 5.98. The molecule has 0 saturated carbocycles. The van der Waals surface area contributed by atoms with Crippen LogP contribution >= 0.6 is 11.6 Å². The number of aromatic amines is 1. The van der Waals surface area contributed by atoms with Gasteiger partial charge in [0.2, 0.25) is 15.5 Å². The number of halogens is 2. The Balaban J connectivity index is 1.56. The zero-order valence-electron chi connectivity index (χ0n) is 18.9. The third-order valence-electron chi connectivity index (χ3n) is 5.94. The fourth-order valence-electron chi connectivity index (χ4n) is 4.08. The summed E-state index contributed by atoms with van der Waals surface area (Å²) >= 11 is 5.85. The lowest BCUT2D eigenvalue weighted by Crippen LogP contribution is -2.29. The highest BCUT2D eigenvalue weighted by molar-refractivity contribution is 7.89. The minimum Gasteiger partial charge on any atom is -0.359 e. The first-order chi connectivity index (χ1) is 16.7. The van der Waals surface area contributed by atoms with Gasteiger partial charge in [-0.25, -0.2) is 17.5 Å². The zero-order chi connectivity index (χ0) is 25.0. The van der Waals surface area contributed by atoms with Crippen molar-refractivity contribution in [3.63, 3.8) is 0 Å². The second-order valence-electron chi connectivity index (χ2n) is 8.42. The molecule has 0 bridgehead atoms. The van der Waals surface area contributed by atoms with Gasteiger partial charge >= 0.3 is 0 Å². The van der Waals surface area contributed by atoms with Gasteiger partial charge in [-0.3, -0.25) is 9.59 Å². The van der Waals surface area contributed by atoms with Crippen molar-refractivity contribution in [3.05, 3.63) is 86.4 Å². The van der Waals surface area contributed by atoms with Crippen LogP contribution in [0.15, 0.2) is 63.9 Å². The number of aromatic nitrogens is 1. The first-order valence-corrected chi connectivity index (χ1v) is 13.2. The number of sulfonamides is 1. The number of H-pyrrole nitrogens is 1. The number of hydrogen-bond acceptors (Lipinski definition) is 4. The molecule has 1 aliphatic rings. The zero-order valence-corrected chi connectivity index (χ0v) is 20.4. The van der Waals surface area contributed by atoms with E-state index in [1.54, 1.807) is 24.3 Å². The number of benzene rings is 2. The molecule has 0 aliphatic heterocycles. The number of carbonyl (C=O) groups is 1. The molecule has 1 heterocycles. The predicted molar refractivity (Wildman–Crippen MR) is 134 cm³/mol. The molecule has 0 atom stereocenters. The average molecular weight is 518 g/mol. The predicted octanol–water partition coefficient (Wildman–Crippen LogP) is 4.42. The van der Waals surface area contributed by atoms with Crippen molar-refractivity contribution in [1.29, 1.82) is 0 Å². The molecule has 1 aliphatic carbocycles. The van der Waals surface area contributed by atoms with E-state index in [1.165, 1.54) is 5.57 Å². The van der Waals surface area contributed by atoms with Crippen LogP contribution in [0.2, 0.25) is 5.02 Å². The van der Waals surface area contributed by atoms with E-state index >= 15 is 0 Å². The number of allylic oxidation sites excluding steroid dienone is 1. The van der Waals surface area contributed by atoms with Gasteiger partial charge < -0.3 is 10.3 Å². The third-order valence-corrected chi connectivity index (χ3v) is 7.68. The Bertz CT molecular complexity index is 1450. The van der Waals surface area contributed by atoms with Gasteiger partial charge in [0.25, 0.3) is 5.91 Å². The van der Waals surface area contributed by atoms with Gasteiger partial charge in [-0.1, -0.05) is 35.4 Å². The summed E-state index contributed by atoms with van der Waals surface area (Å²) in [5.41, 5.74) is 0.892. The second-order valence-corrected chi connectivity index (χ2v) is 10.6. The van der Waals surface area contributed by atoms with E-state index in [1.807, 2.05) is 0 Å². The maximum Gasteiger partial charge on any atom is 0.257 e. The van der Waals surface area contributed by atoms with Crippen molar-refractivity contribution in [2.24, 2.45) is 0 Å². The van der Waals surface area contributed by atoms with Gasteiger partial charge in [0, 0.05) is 24.3 Å². The molecule has 3 N–H and O–H groups in total. The highest BCUT2D eigenvalue weighted by atomic mass is 35.5. The Kier molecular flexibility index (Phi) is 7.69. The van der Waals surface area contributed by atoms with Gasteiger partial charge in [0.15, 0.2) is 0 Å². The van der Waals surface area contributed by atoms with Crippen LogP contribution in [0.1, 0.15) is 48.0 Å². The van der Waals surface area contributed by atoms with Crippen LogP contribution < -0.4 is 15.5 Å². The maximum atomic E-state index is 14.4. The lowest BCUT2D eigenvalue weighted by molar-refractivity contribution is 0.0949. The van der Waals surface area contributed by atoms with Gasteiger partial charge in [0.1, 0.15) is 16.3 Å². The SMILES string of the molecule is O=C(NCc1ccc(Cl)cc1)c1c[nH]c2c(S(=O)(=O)NCCC3=CCCCC3)cc(F)cc2c1=O. The van der Waals surface area contributed by atoms with Crippen LogP contribution in [-0.2, 0) is 16.6 Å². The molecule has 7 nitrogen and oxygen atoms in total. The second kappa shape index (κ2) is 10.7. The smallest absolute Gasteiger partial charge is 0.257 e. The molecule has 1 aromatic heterocycles. The minimum absolute atomic E-state index is 0.0602. The van der Waals surface area contributed by atoms with Crippen molar-refractivity contribution in [1.82, 2.24) is 15.0 Å². The van der Waals surface area contributed by atoms with E-state index in [9.17, 15) is 22.4 Å². The molecule has 4 rings (SSSR count). The number of carbonyl (C=O) groups excluding carboxylic acids is 1. The first-order valence-electron chi connectivity index (χ1n) is 11.3. The van der Waals surface area contributed by atoms with Crippen molar-refractivity contribution >= 4 is 38.4 Å². The number of pyridine rings is 1. The van der Waals surface area contributed by atoms with Crippen LogP contribution in [-0.4, -0.2) is 25.9 Å². The summed E-state index contributed by atoms with van der Waals surface area (Å²) in [6.45, 7) is 0.318. The van der Waals surface area contributed by atoms with Crippen LogP contribution in [0, 0.1) is 5.82 Å². The van der Waals surface area contributed by atoms with Crippen molar-refractivity contribution in [2.45, 2.75) is 43.5 Å². The summed E-state index contributed by atoms with van der Waals surface area (Å²) in [7, 11) is -4.11. The molecule has 10 heteroatoms. The van der Waals surface area contributed by atoms with E-state index in [2.05, 4.69) is 21.1 Å². The van der Waals surface area contributed by atoms with E-state index in [0.717, 1.165) is 49.6 Å². The summed E-state index contributed by atoms with van der Waals surface area (Å²) in [4.78, 5) is 27.9. The molecule has 184 valence electrons. The highest BCUT2D eigenvalue weighted by Crippen LogP contribution is 2.23. The molecule has 0 spiro atoms. The topological polar surface area (TPSA) is 108 Å². The van der Waals surface area contributed by atoms with Crippen LogP contribution in [0.3, 0.4) is 0 Å². The molecule has 0 saturated heterocycles. The Labute approximate surface area is 207 Å². The Morgan fingerprint density at radius 3 is 2.63 bits per heavy atom. The summed E-state index contributed by atoms with van der Waals surface area (Å²) in [6.07, 6.45) is 8.01. The molecule has 2 aromatic carbocycles. The Morgan fingerprint density at radius 1 is 1.14 bits per heavy atom. The molecule has 0 radical (unpaired) electrons. The summed E-state index contributed by atoms with van der Waals surface area (Å²) < 4.78 is 42.8. The van der Waals surface area contributed by atoms with Crippen LogP contribution in [0.4, 0.5) is 4.39 Å². The quantitative estimate of drug-likeness (QED) is 0.384. The first kappa shape index (κ1) is 25.1. The van der Waals surface area contributed by atoms with Crippen molar-refractivity contribution < 1.29 is 17.6 Å². The van der Waals surface area contributed by atoms with Gasteiger partial charge in [-0.2, -0.15) is 0 Å². The number of amides is 1. The fourth-order valence-corrected chi connectivity index (χ4v) is 5.44. The monoisotopic (exact) mass is 517 g/mol. The molecule has 35 heavy (non-hydrogen) atoms.